The van der Waals surface area contributed by atoms with Gasteiger partial charge in [0.05, 0.1) is 23.7 Å². The van der Waals surface area contributed by atoms with E-state index in [-0.39, 0.29) is 17.9 Å². The molecule has 1 N–H and O–H groups in total. The molecule has 1 unspecified atom stereocenters. The summed E-state index contributed by atoms with van der Waals surface area (Å²) in [5, 5.41) is 11.6. The molecule has 25 heavy (non-hydrogen) atoms. The summed E-state index contributed by atoms with van der Waals surface area (Å²) in [6.07, 6.45) is 2.08. The summed E-state index contributed by atoms with van der Waals surface area (Å²) in [7, 11) is 0. The number of nitriles is 1. The van der Waals surface area contributed by atoms with E-state index in [0.29, 0.717) is 30.8 Å². The van der Waals surface area contributed by atoms with Gasteiger partial charge in [-0.05, 0) is 51.4 Å². The lowest BCUT2D eigenvalue weighted by Gasteiger charge is -2.31. The van der Waals surface area contributed by atoms with E-state index in [1.54, 1.807) is 38.1 Å². The molecule has 6 nitrogen and oxygen atoms in total. The molecule has 1 aromatic rings. The molecule has 1 heterocycles. The molecule has 2 rings (SSSR count). The number of piperidine rings is 1. The standard InChI is InChI=1S/C19H25N3O3/c1-14(2)25-19(24)15-6-3-8-17(12-15)21-18(23)16-7-4-10-22(13-16)11-5-9-20/h3,6,8,12,14,16H,4-5,7,10-11,13H2,1-2H3,(H,21,23). The van der Waals surface area contributed by atoms with E-state index in [2.05, 4.69) is 16.3 Å². The number of hydrogen-bond acceptors (Lipinski definition) is 5. The van der Waals surface area contributed by atoms with Crippen LogP contribution < -0.4 is 5.32 Å². The number of esters is 1. The fourth-order valence-corrected chi connectivity index (χ4v) is 2.93. The molecule has 0 bridgehead atoms. The van der Waals surface area contributed by atoms with Crippen LogP contribution in [0.1, 0.15) is 43.5 Å². The summed E-state index contributed by atoms with van der Waals surface area (Å²) in [5.41, 5.74) is 1.02. The Morgan fingerprint density at radius 1 is 1.44 bits per heavy atom. The molecule has 0 aliphatic carbocycles. The maximum absolute atomic E-state index is 12.5. The topological polar surface area (TPSA) is 82.4 Å². The second-order valence-corrected chi connectivity index (χ2v) is 6.57. The number of rotatable bonds is 6. The number of benzene rings is 1. The van der Waals surface area contributed by atoms with Crippen LogP contribution in [-0.4, -0.2) is 42.5 Å². The summed E-state index contributed by atoms with van der Waals surface area (Å²) in [6, 6.07) is 8.95. The first-order valence-corrected chi connectivity index (χ1v) is 8.71. The zero-order valence-corrected chi connectivity index (χ0v) is 14.8. The first-order valence-electron chi connectivity index (χ1n) is 8.71. The molecule has 1 aliphatic rings. The van der Waals surface area contributed by atoms with Gasteiger partial charge in [-0.1, -0.05) is 6.07 Å². The van der Waals surface area contributed by atoms with Gasteiger partial charge < -0.3 is 15.0 Å². The summed E-state index contributed by atoms with van der Waals surface area (Å²) in [6.45, 7) is 5.90. The van der Waals surface area contributed by atoms with Crippen molar-refractivity contribution in [3.8, 4) is 6.07 Å². The van der Waals surface area contributed by atoms with Crippen molar-refractivity contribution in [1.29, 1.82) is 5.26 Å². The molecule has 1 saturated heterocycles. The zero-order chi connectivity index (χ0) is 18.2. The van der Waals surface area contributed by atoms with Gasteiger partial charge in [0.2, 0.25) is 5.91 Å². The number of likely N-dealkylation sites (tertiary alicyclic amines) is 1. The van der Waals surface area contributed by atoms with Gasteiger partial charge in [-0.25, -0.2) is 4.79 Å². The zero-order valence-electron chi connectivity index (χ0n) is 14.8. The molecule has 1 aromatic carbocycles. The van der Waals surface area contributed by atoms with E-state index in [0.717, 1.165) is 19.4 Å². The lowest BCUT2D eigenvalue weighted by Crippen LogP contribution is -2.41. The van der Waals surface area contributed by atoms with Gasteiger partial charge in [-0.15, -0.1) is 0 Å². The van der Waals surface area contributed by atoms with Crippen LogP contribution in [0.3, 0.4) is 0 Å². The third-order valence-corrected chi connectivity index (χ3v) is 4.12. The van der Waals surface area contributed by atoms with Crippen LogP contribution in [0.25, 0.3) is 0 Å². The smallest absolute Gasteiger partial charge is 0.338 e. The van der Waals surface area contributed by atoms with Crippen molar-refractivity contribution in [2.24, 2.45) is 5.92 Å². The maximum atomic E-state index is 12.5. The largest absolute Gasteiger partial charge is 0.459 e. The second-order valence-electron chi connectivity index (χ2n) is 6.57. The Morgan fingerprint density at radius 2 is 2.24 bits per heavy atom. The lowest BCUT2D eigenvalue weighted by molar-refractivity contribution is -0.121. The van der Waals surface area contributed by atoms with Crippen LogP contribution in [0, 0.1) is 17.2 Å². The SMILES string of the molecule is CC(C)OC(=O)c1cccc(NC(=O)C2CCCN(CCC#N)C2)c1. The van der Waals surface area contributed by atoms with Gasteiger partial charge >= 0.3 is 5.97 Å². The van der Waals surface area contributed by atoms with Crippen molar-refractivity contribution in [1.82, 2.24) is 4.90 Å². The third-order valence-electron chi connectivity index (χ3n) is 4.12. The minimum Gasteiger partial charge on any atom is -0.459 e. The Balaban J connectivity index is 1.96. The molecule has 0 spiro atoms. The lowest BCUT2D eigenvalue weighted by atomic mass is 9.97. The van der Waals surface area contributed by atoms with Crippen molar-refractivity contribution in [2.45, 2.75) is 39.2 Å². The Hall–Kier alpha value is -2.39. The molecule has 1 atom stereocenters. The summed E-state index contributed by atoms with van der Waals surface area (Å²) in [4.78, 5) is 26.7. The van der Waals surface area contributed by atoms with E-state index in [1.165, 1.54) is 0 Å². The number of amides is 1. The van der Waals surface area contributed by atoms with Crippen LogP contribution in [0.2, 0.25) is 0 Å². The van der Waals surface area contributed by atoms with Crippen molar-refractivity contribution < 1.29 is 14.3 Å². The quantitative estimate of drug-likeness (QED) is 0.803. The Kier molecular flexibility index (Phi) is 6.96. The number of anilines is 1. The van der Waals surface area contributed by atoms with Gasteiger partial charge in [0.25, 0.3) is 0 Å². The van der Waals surface area contributed by atoms with Gasteiger partial charge in [-0.3, -0.25) is 4.79 Å². The summed E-state index contributed by atoms with van der Waals surface area (Å²) >= 11 is 0. The first-order chi connectivity index (χ1) is 12.0. The molecule has 6 heteroatoms. The van der Waals surface area contributed by atoms with Gasteiger partial charge in [0.1, 0.15) is 0 Å². The Labute approximate surface area is 148 Å². The number of nitrogens with one attached hydrogen (secondary N) is 1. The molecule has 0 radical (unpaired) electrons. The fourth-order valence-electron chi connectivity index (χ4n) is 2.93. The highest BCUT2D eigenvalue weighted by molar-refractivity contribution is 5.95. The average molecular weight is 343 g/mol. The minimum atomic E-state index is -0.397. The van der Waals surface area contributed by atoms with Crippen LogP contribution in [0.4, 0.5) is 5.69 Å². The van der Waals surface area contributed by atoms with Crippen molar-refractivity contribution in [2.75, 3.05) is 25.0 Å². The molecular weight excluding hydrogens is 318 g/mol. The third kappa shape index (κ3) is 5.87. The van der Waals surface area contributed by atoms with E-state index >= 15 is 0 Å². The number of carbonyl (C=O) groups excluding carboxylic acids is 2. The molecule has 1 amide bonds. The van der Waals surface area contributed by atoms with E-state index in [9.17, 15) is 9.59 Å². The Bertz CT molecular complexity index is 652. The van der Waals surface area contributed by atoms with Crippen LogP contribution in [0.5, 0.6) is 0 Å². The molecule has 0 saturated carbocycles. The predicted molar refractivity (Wildman–Crippen MR) is 95.0 cm³/mol. The predicted octanol–water partition coefficient (Wildman–Crippen LogP) is 2.82. The highest BCUT2D eigenvalue weighted by atomic mass is 16.5. The number of ether oxygens (including phenoxy) is 1. The molecule has 0 aromatic heterocycles. The van der Waals surface area contributed by atoms with Crippen molar-refractivity contribution >= 4 is 17.6 Å². The molecule has 134 valence electrons. The Morgan fingerprint density at radius 3 is 2.96 bits per heavy atom. The number of carbonyl (C=O) groups is 2. The van der Waals surface area contributed by atoms with Gasteiger partial charge in [0.15, 0.2) is 0 Å². The minimum absolute atomic E-state index is 0.0453. The maximum Gasteiger partial charge on any atom is 0.338 e. The highest BCUT2D eigenvalue weighted by Gasteiger charge is 2.25. The summed E-state index contributed by atoms with van der Waals surface area (Å²) in [5.74, 6) is -0.541. The van der Waals surface area contributed by atoms with Crippen LogP contribution in [-0.2, 0) is 9.53 Å². The molecule has 1 aliphatic heterocycles. The van der Waals surface area contributed by atoms with Crippen LogP contribution in [0.15, 0.2) is 24.3 Å². The molecule has 1 fully saturated rings. The van der Waals surface area contributed by atoms with E-state index in [1.807, 2.05) is 0 Å². The fraction of sp³-hybridized carbons (Fsp3) is 0.526. The number of nitrogens with zero attached hydrogens (tertiary/aromatic N) is 2. The average Bonchev–Trinajstić information content (AvgIpc) is 2.60. The second kappa shape index (κ2) is 9.19. The highest BCUT2D eigenvalue weighted by Crippen LogP contribution is 2.20. The van der Waals surface area contributed by atoms with Crippen LogP contribution >= 0.6 is 0 Å². The monoisotopic (exact) mass is 343 g/mol. The van der Waals surface area contributed by atoms with E-state index < -0.39 is 5.97 Å². The summed E-state index contributed by atoms with van der Waals surface area (Å²) < 4.78 is 5.18. The van der Waals surface area contributed by atoms with Gasteiger partial charge in [-0.2, -0.15) is 5.26 Å². The van der Waals surface area contributed by atoms with Crippen molar-refractivity contribution in [3.05, 3.63) is 29.8 Å². The first kappa shape index (κ1) is 18.9. The van der Waals surface area contributed by atoms with Gasteiger partial charge in [0, 0.05) is 25.2 Å². The number of hydrogen-bond donors (Lipinski definition) is 1. The molecular formula is C19H25N3O3. The van der Waals surface area contributed by atoms with Crippen molar-refractivity contribution in [3.63, 3.8) is 0 Å². The normalized spacial score (nSPS) is 17.8. The van der Waals surface area contributed by atoms with E-state index in [4.69, 9.17) is 10.00 Å².